The van der Waals surface area contributed by atoms with Crippen LogP contribution in [0.5, 0.6) is 0 Å². The Hall–Kier alpha value is -1.38. The number of thiazole rings is 1. The van der Waals surface area contributed by atoms with E-state index in [4.69, 9.17) is 0 Å². The first-order valence-electron chi connectivity index (χ1n) is 6.89. The molecule has 0 saturated carbocycles. The highest BCUT2D eigenvalue weighted by Gasteiger charge is 2.19. The lowest BCUT2D eigenvalue weighted by atomic mass is 10.4. The van der Waals surface area contributed by atoms with Crippen molar-refractivity contribution in [3.8, 4) is 0 Å². The van der Waals surface area contributed by atoms with E-state index < -0.39 is 10.0 Å². The number of aromatic nitrogens is 2. The van der Waals surface area contributed by atoms with Gasteiger partial charge in [-0.05, 0) is 26.0 Å². The van der Waals surface area contributed by atoms with Gasteiger partial charge in [0.1, 0.15) is 4.90 Å². The molecule has 0 aromatic carbocycles. The topological polar surface area (TPSA) is 76.0 Å². The lowest BCUT2D eigenvalue weighted by Gasteiger charge is -2.06. The van der Waals surface area contributed by atoms with Crippen molar-refractivity contribution in [1.82, 2.24) is 14.9 Å². The summed E-state index contributed by atoms with van der Waals surface area (Å²) in [6.07, 6.45) is 4.28. The van der Waals surface area contributed by atoms with Crippen molar-refractivity contribution in [1.29, 1.82) is 0 Å². The molecule has 21 heavy (non-hydrogen) atoms. The highest BCUT2D eigenvalue weighted by molar-refractivity contribution is 7.93. The van der Waals surface area contributed by atoms with Gasteiger partial charge in [0.15, 0.2) is 5.13 Å². The first-order valence-corrected chi connectivity index (χ1v) is 9.25. The molecule has 0 spiro atoms. The van der Waals surface area contributed by atoms with Gasteiger partial charge >= 0.3 is 0 Å². The van der Waals surface area contributed by atoms with Crippen molar-refractivity contribution in [2.24, 2.45) is 0 Å². The lowest BCUT2D eigenvalue weighted by Crippen LogP contribution is -2.16. The van der Waals surface area contributed by atoms with Crippen LogP contribution < -0.4 is 10.0 Å². The van der Waals surface area contributed by atoms with Crippen LogP contribution in [0.2, 0.25) is 0 Å². The van der Waals surface area contributed by atoms with Crippen molar-refractivity contribution in [2.45, 2.75) is 38.3 Å². The van der Waals surface area contributed by atoms with Crippen LogP contribution in [0.3, 0.4) is 0 Å². The van der Waals surface area contributed by atoms with Crippen molar-refractivity contribution in [2.75, 3.05) is 11.3 Å². The average molecular weight is 328 g/mol. The Morgan fingerprint density at radius 3 is 2.81 bits per heavy atom. The smallest absolute Gasteiger partial charge is 0.265 e. The Morgan fingerprint density at radius 2 is 2.19 bits per heavy atom. The predicted octanol–water partition coefficient (Wildman–Crippen LogP) is 2.26. The van der Waals surface area contributed by atoms with E-state index in [0.717, 1.165) is 25.2 Å². The minimum absolute atomic E-state index is 0.271. The molecule has 0 aliphatic rings. The second-order valence-electron chi connectivity index (χ2n) is 4.57. The Bertz CT molecular complexity index is 662. The van der Waals surface area contributed by atoms with E-state index in [-0.39, 0.29) is 4.90 Å². The molecule has 0 aliphatic heterocycles. The molecule has 0 fully saturated rings. The minimum Gasteiger partial charge on any atom is -0.349 e. The molecule has 2 rings (SSSR count). The summed E-state index contributed by atoms with van der Waals surface area (Å²) in [5, 5.41) is 5.40. The normalized spacial score (nSPS) is 11.7. The molecule has 0 amide bonds. The van der Waals surface area contributed by atoms with E-state index in [0.29, 0.717) is 11.7 Å². The fourth-order valence-electron chi connectivity index (χ4n) is 1.96. The number of hydrogen-bond donors (Lipinski definition) is 2. The molecule has 6 nitrogen and oxygen atoms in total. The van der Waals surface area contributed by atoms with Crippen LogP contribution in [0.25, 0.3) is 0 Å². The van der Waals surface area contributed by atoms with Crippen molar-refractivity contribution in [3.63, 3.8) is 0 Å². The summed E-state index contributed by atoms with van der Waals surface area (Å²) in [4.78, 5) is 4.22. The number of aryl methyl sites for hydroxylation is 1. The van der Waals surface area contributed by atoms with Gasteiger partial charge in [-0.1, -0.05) is 6.92 Å². The van der Waals surface area contributed by atoms with Gasteiger partial charge in [-0.3, -0.25) is 4.72 Å². The molecule has 8 heteroatoms. The van der Waals surface area contributed by atoms with E-state index >= 15 is 0 Å². The Labute approximate surface area is 129 Å². The molecule has 0 bridgehead atoms. The number of hydrogen-bond acceptors (Lipinski definition) is 5. The van der Waals surface area contributed by atoms with Crippen molar-refractivity contribution in [3.05, 3.63) is 29.5 Å². The maximum absolute atomic E-state index is 12.3. The van der Waals surface area contributed by atoms with Gasteiger partial charge in [-0.25, -0.2) is 13.4 Å². The first kappa shape index (κ1) is 16.0. The summed E-state index contributed by atoms with van der Waals surface area (Å²) in [5.41, 5.74) is 0.963. The number of sulfonamides is 1. The van der Waals surface area contributed by atoms with Crippen LogP contribution in [0.15, 0.2) is 28.7 Å². The third kappa shape index (κ3) is 4.05. The van der Waals surface area contributed by atoms with E-state index in [9.17, 15) is 8.42 Å². The van der Waals surface area contributed by atoms with Crippen LogP contribution in [0.4, 0.5) is 5.13 Å². The number of nitrogens with zero attached hydrogens (tertiary/aromatic N) is 2. The molecular formula is C13H20N4O2S2. The zero-order valence-corrected chi connectivity index (χ0v) is 13.8. The van der Waals surface area contributed by atoms with Crippen LogP contribution in [0.1, 0.15) is 26.0 Å². The summed E-state index contributed by atoms with van der Waals surface area (Å²) in [6, 6.07) is 1.71. The summed E-state index contributed by atoms with van der Waals surface area (Å²) in [5.74, 6) is 0. The zero-order chi connectivity index (χ0) is 15.3. The Kier molecular flexibility index (Phi) is 5.38. The highest BCUT2D eigenvalue weighted by Crippen LogP contribution is 2.20. The molecule has 0 atom stereocenters. The Balaban J connectivity index is 2.19. The van der Waals surface area contributed by atoms with E-state index in [1.165, 1.54) is 11.3 Å². The second-order valence-corrected chi connectivity index (χ2v) is 7.15. The van der Waals surface area contributed by atoms with Crippen molar-refractivity contribution >= 4 is 26.5 Å². The molecule has 0 saturated heterocycles. The van der Waals surface area contributed by atoms with Crippen molar-refractivity contribution < 1.29 is 8.42 Å². The molecule has 2 N–H and O–H groups in total. The largest absolute Gasteiger partial charge is 0.349 e. The predicted molar refractivity (Wildman–Crippen MR) is 85.0 cm³/mol. The molecule has 0 aliphatic carbocycles. The van der Waals surface area contributed by atoms with Gasteiger partial charge in [-0.15, -0.1) is 11.3 Å². The SMILES string of the molecule is CCCNCc1cc(S(=O)(=O)Nc2nccs2)cn1CC. The van der Waals surface area contributed by atoms with E-state index in [1.54, 1.807) is 23.8 Å². The molecule has 0 radical (unpaired) electrons. The Morgan fingerprint density at radius 1 is 1.38 bits per heavy atom. The number of nitrogens with one attached hydrogen (secondary N) is 2. The molecule has 2 aromatic rings. The molecule has 2 heterocycles. The van der Waals surface area contributed by atoms with E-state index in [1.807, 2.05) is 11.5 Å². The quantitative estimate of drug-likeness (QED) is 0.729. The van der Waals surface area contributed by atoms with Gasteiger partial charge in [0.05, 0.1) is 0 Å². The van der Waals surface area contributed by atoms with Crippen LogP contribution in [0, 0.1) is 0 Å². The van der Waals surface area contributed by atoms with Gasteiger partial charge in [0.25, 0.3) is 10.0 Å². The molecular weight excluding hydrogens is 308 g/mol. The maximum atomic E-state index is 12.3. The molecule has 2 aromatic heterocycles. The summed E-state index contributed by atoms with van der Waals surface area (Å²) < 4.78 is 29.1. The highest BCUT2D eigenvalue weighted by atomic mass is 32.2. The van der Waals surface area contributed by atoms with Gasteiger partial charge in [0.2, 0.25) is 0 Å². The lowest BCUT2D eigenvalue weighted by molar-refractivity contribution is 0.600. The fraction of sp³-hybridized carbons (Fsp3) is 0.462. The summed E-state index contributed by atoms with van der Waals surface area (Å²) in [6.45, 7) is 6.40. The first-order chi connectivity index (χ1) is 10.1. The summed E-state index contributed by atoms with van der Waals surface area (Å²) in [7, 11) is -3.58. The maximum Gasteiger partial charge on any atom is 0.265 e. The van der Waals surface area contributed by atoms with Gasteiger partial charge < -0.3 is 9.88 Å². The fourth-order valence-corrected chi connectivity index (χ4v) is 3.81. The standard InChI is InChI=1S/C13H20N4O2S2/c1-3-5-14-9-11-8-12(10-17(11)4-2)21(18,19)16-13-15-6-7-20-13/h6-8,10,14H,3-5,9H2,1-2H3,(H,15,16). The third-order valence-electron chi connectivity index (χ3n) is 3.00. The monoisotopic (exact) mass is 328 g/mol. The molecule has 0 unspecified atom stereocenters. The minimum atomic E-state index is -3.58. The number of anilines is 1. The van der Waals surface area contributed by atoms with Crippen LogP contribution in [-0.2, 0) is 23.1 Å². The third-order valence-corrected chi connectivity index (χ3v) is 5.12. The van der Waals surface area contributed by atoms with Crippen LogP contribution in [-0.4, -0.2) is 24.5 Å². The van der Waals surface area contributed by atoms with E-state index in [2.05, 4.69) is 21.9 Å². The summed E-state index contributed by atoms with van der Waals surface area (Å²) >= 11 is 1.26. The average Bonchev–Trinajstić information content (AvgIpc) is 3.08. The second kappa shape index (κ2) is 7.06. The zero-order valence-electron chi connectivity index (χ0n) is 12.2. The van der Waals surface area contributed by atoms with Gasteiger partial charge in [-0.2, -0.15) is 0 Å². The number of rotatable bonds is 8. The molecule has 116 valence electrons. The van der Waals surface area contributed by atoms with Gasteiger partial charge in [0, 0.05) is 36.6 Å². The van der Waals surface area contributed by atoms with Crippen LogP contribution >= 0.6 is 11.3 Å².